The molecule has 0 saturated carbocycles. The first-order valence-electron chi connectivity index (χ1n) is 9.40. The topological polar surface area (TPSA) is 110 Å². The van der Waals surface area contributed by atoms with E-state index in [0.717, 1.165) is 6.20 Å². The molecule has 0 spiro atoms. The SMILES string of the molecule is Nc1nn2ccc3nc2c1C(=O)NCCOC1=NC=C(F)CC1[C@H]1C[C@H](F)CN31. The standard InChI is InChI=1S/C18H19F2N7O2/c19-9-5-11-12-6-10(20)8-26(12)13-1-3-27-16(24-13)14(15(21)25-27)17(28)22-2-4-29-18(11)23-7-9/h1,3,7,10-12H,2,4-6,8H2,(H2,21,25)(H,22,28)/t10-,11?,12+/m0/s1. The van der Waals surface area contributed by atoms with Gasteiger partial charge in [0.15, 0.2) is 17.4 Å². The van der Waals surface area contributed by atoms with Crippen molar-refractivity contribution in [3.63, 3.8) is 0 Å². The molecule has 5 heterocycles. The quantitative estimate of drug-likeness (QED) is 0.684. The lowest BCUT2D eigenvalue weighted by Gasteiger charge is -2.33. The maximum atomic E-state index is 14.5. The summed E-state index contributed by atoms with van der Waals surface area (Å²) in [5, 5.41) is 6.85. The molecule has 29 heavy (non-hydrogen) atoms. The van der Waals surface area contributed by atoms with Gasteiger partial charge in [-0.05, 0) is 6.07 Å². The summed E-state index contributed by atoms with van der Waals surface area (Å²) in [6.45, 7) is 0.430. The highest BCUT2D eigenvalue weighted by Crippen LogP contribution is 2.36. The van der Waals surface area contributed by atoms with E-state index >= 15 is 0 Å². The summed E-state index contributed by atoms with van der Waals surface area (Å²) in [5.74, 6) is -0.410. The average molecular weight is 403 g/mol. The lowest BCUT2D eigenvalue weighted by atomic mass is 9.91. The van der Waals surface area contributed by atoms with Gasteiger partial charge in [-0.15, -0.1) is 5.10 Å². The summed E-state index contributed by atoms with van der Waals surface area (Å²) in [4.78, 5) is 23.1. The number of anilines is 2. The van der Waals surface area contributed by atoms with Gasteiger partial charge in [-0.3, -0.25) is 4.79 Å². The number of nitrogens with two attached hydrogens (primary N) is 1. The number of hydrogen-bond acceptors (Lipinski definition) is 7. The van der Waals surface area contributed by atoms with E-state index in [0.29, 0.717) is 11.7 Å². The maximum Gasteiger partial charge on any atom is 0.259 e. The van der Waals surface area contributed by atoms with Crippen molar-refractivity contribution in [3.8, 4) is 0 Å². The van der Waals surface area contributed by atoms with Crippen molar-refractivity contribution in [2.45, 2.75) is 25.1 Å². The molecule has 1 fully saturated rings. The van der Waals surface area contributed by atoms with Gasteiger partial charge in [0.25, 0.3) is 5.91 Å². The van der Waals surface area contributed by atoms with Crippen molar-refractivity contribution < 1.29 is 18.3 Å². The smallest absolute Gasteiger partial charge is 0.259 e. The predicted octanol–water partition coefficient (Wildman–Crippen LogP) is 1.22. The monoisotopic (exact) mass is 403 g/mol. The van der Waals surface area contributed by atoms with Crippen LogP contribution in [0.5, 0.6) is 0 Å². The van der Waals surface area contributed by atoms with E-state index in [9.17, 15) is 13.6 Å². The molecule has 152 valence electrons. The molecule has 3 aliphatic rings. The summed E-state index contributed by atoms with van der Waals surface area (Å²) in [6, 6.07) is 1.30. The Kier molecular flexibility index (Phi) is 4.10. The Morgan fingerprint density at radius 3 is 3.10 bits per heavy atom. The highest BCUT2D eigenvalue weighted by molar-refractivity contribution is 6.04. The van der Waals surface area contributed by atoms with Gasteiger partial charge in [0.2, 0.25) is 0 Å². The minimum atomic E-state index is -1.10. The fraction of sp³-hybridized carbons (Fsp3) is 0.444. The summed E-state index contributed by atoms with van der Waals surface area (Å²) < 4.78 is 35.6. The zero-order valence-corrected chi connectivity index (χ0v) is 15.4. The Morgan fingerprint density at radius 2 is 2.24 bits per heavy atom. The van der Waals surface area contributed by atoms with E-state index in [-0.39, 0.29) is 61.4 Å². The van der Waals surface area contributed by atoms with Crippen molar-refractivity contribution in [2.24, 2.45) is 10.9 Å². The number of nitrogen functional groups attached to an aromatic ring is 1. The lowest BCUT2D eigenvalue weighted by molar-refractivity contribution is 0.0947. The molecule has 2 bridgehead atoms. The van der Waals surface area contributed by atoms with Crippen molar-refractivity contribution in [3.05, 3.63) is 29.9 Å². The Hall–Kier alpha value is -3.24. The highest BCUT2D eigenvalue weighted by atomic mass is 19.1. The zero-order chi connectivity index (χ0) is 20.1. The molecule has 9 nitrogen and oxygen atoms in total. The van der Waals surface area contributed by atoms with Gasteiger partial charge >= 0.3 is 0 Å². The van der Waals surface area contributed by atoms with E-state index in [4.69, 9.17) is 10.5 Å². The number of ether oxygens (including phenoxy) is 1. The van der Waals surface area contributed by atoms with Crippen molar-refractivity contribution in [2.75, 3.05) is 30.3 Å². The van der Waals surface area contributed by atoms with Gasteiger partial charge in [0.05, 0.1) is 25.2 Å². The van der Waals surface area contributed by atoms with E-state index in [2.05, 4.69) is 20.4 Å². The molecule has 1 unspecified atom stereocenters. The van der Waals surface area contributed by atoms with Crippen molar-refractivity contribution in [1.82, 2.24) is 19.9 Å². The van der Waals surface area contributed by atoms with Crippen LogP contribution in [0.2, 0.25) is 0 Å². The van der Waals surface area contributed by atoms with Gasteiger partial charge in [0, 0.05) is 25.1 Å². The molecule has 2 aromatic rings. The lowest BCUT2D eigenvalue weighted by Crippen LogP contribution is -2.42. The fourth-order valence-electron chi connectivity index (χ4n) is 4.20. The van der Waals surface area contributed by atoms with Crippen LogP contribution in [-0.2, 0) is 4.74 Å². The minimum absolute atomic E-state index is 0.0496. The summed E-state index contributed by atoms with van der Waals surface area (Å²) in [7, 11) is 0. The maximum absolute atomic E-state index is 14.5. The predicted molar refractivity (Wildman–Crippen MR) is 101 cm³/mol. The number of amides is 1. The molecular formula is C18H19F2N7O2. The third-order valence-electron chi connectivity index (χ3n) is 5.48. The normalized spacial score (nSPS) is 27.0. The number of nitrogens with one attached hydrogen (secondary N) is 1. The molecule has 0 aliphatic carbocycles. The molecule has 5 rings (SSSR count). The molecule has 11 heteroatoms. The number of aromatic nitrogens is 3. The van der Waals surface area contributed by atoms with Crippen LogP contribution in [0.4, 0.5) is 20.4 Å². The van der Waals surface area contributed by atoms with Crippen LogP contribution in [0.15, 0.2) is 29.3 Å². The zero-order valence-electron chi connectivity index (χ0n) is 15.4. The number of carbonyl (C=O) groups is 1. The van der Waals surface area contributed by atoms with Gasteiger partial charge < -0.3 is 20.7 Å². The van der Waals surface area contributed by atoms with Crippen LogP contribution in [0.1, 0.15) is 23.2 Å². The molecule has 0 radical (unpaired) electrons. The number of alkyl halides is 1. The van der Waals surface area contributed by atoms with Crippen LogP contribution < -0.4 is 16.0 Å². The molecule has 3 N–H and O–H groups in total. The van der Waals surface area contributed by atoms with E-state index < -0.39 is 18.0 Å². The molecule has 1 saturated heterocycles. The number of hydrogen-bond donors (Lipinski definition) is 2. The highest BCUT2D eigenvalue weighted by Gasteiger charge is 2.42. The first-order chi connectivity index (χ1) is 14.0. The number of nitrogens with zero attached hydrogens (tertiary/aromatic N) is 5. The Labute approximate surface area is 164 Å². The Morgan fingerprint density at radius 1 is 1.38 bits per heavy atom. The van der Waals surface area contributed by atoms with Crippen LogP contribution in [-0.4, -0.2) is 58.3 Å². The van der Waals surface area contributed by atoms with Crippen LogP contribution >= 0.6 is 0 Å². The number of aliphatic imine (C=N–C) groups is 1. The second-order valence-corrected chi connectivity index (χ2v) is 7.33. The first-order valence-corrected chi connectivity index (χ1v) is 9.40. The number of rotatable bonds is 0. The number of allylic oxidation sites excluding steroid dienone is 1. The second kappa shape index (κ2) is 6.68. The van der Waals surface area contributed by atoms with Crippen LogP contribution in [0.3, 0.4) is 0 Å². The van der Waals surface area contributed by atoms with Gasteiger partial charge in [-0.1, -0.05) is 0 Å². The summed E-state index contributed by atoms with van der Waals surface area (Å²) >= 11 is 0. The van der Waals surface area contributed by atoms with Crippen LogP contribution in [0.25, 0.3) is 5.65 Å². The number of fused-ring (bicyclic) bond motifs is 5. The van der Waals surface area contributed by atoms with Gasteiger partial charge in [0.1, 0.15) is 30.0 Å². The molecule has 0 aromatic carbocycles. The Balaban J connectivity index is 1.64. The third kappa shape index (κ3) is 2.97. The minimum Gasteiger partial charge on any atom is -0.479 e. The third-order valence-corrected chi connectivity index (χ3v) is 5.48. The Bertz CT molecular complexity index is 1050. The van der Waals surface area contributed by atoms with Gasteiger partial charge in [-0.25, -0.2) is 23.3 Å². The van der Waals surface area contributed by atoms with Crippen molar-refractivity contribution >= 4 is 29.1 Å². The first kappa shape index (κ1) is 17.8. The number of carbonyl (C=O) groups excluding carboxylic acids is 1. The van der Waals surface area contributed by atoms with Crippen LogP contribution in [0, 0.1) is 5.92 Å². The second-order valence-electron chi connectivity index (χ2n) is 7.33. The van der Waals surface area contributed by atoms with E-state index in [1.54, 1.807) is 17.2 Å². The van der Waals surface area contributed by atoms with E-state index in [1.165, 1.54) is 4.52 Å². The molecular weight excluding hydrogens is 384 g/mol. The molecule has 3 atom stereocenters. The largest absolute Gasteiger partial charge is 0.479 e. The fourth-order valence-corrected chi connectivity index (χ4v) is 4.20. The summed E-state index contributed by atoms with van der Waals surface area (Å²) in [5.41, 5.74) is 6.36. The van der Waals surface area contributed by atoms with Crippen molar-refractivity contribution in [1.29, 1.82) is 0 Å². The molecule has 2 aromatic heterocycles. The number of halogens is 2. The molecule has 1 amide bonds. The van der Waals surface area contributed by atoms with E-state index in [1.807, 2.05) is 0 Å². The molecule has 3 aliphatic heterocycles. The average Bonchev–Trinajstić information content (AvgIpc) is 3.23. The van der Waals surface area contributed by atoms with Gasteiger partial charge in [-0.2, -0.15) is 0 Å². The summed E-state index contributed by atoms with van der Waals surface area (Å²) in [6.07, 6.45) is 1.93.